The molecule has 0 fully saturated rings. The number of halogens is 1. The van der Waals surface area contributed by atoms with Crippen LogP contribution in [-0.4, -0.2) is 16.3 Å². The molecular weight excluding hydrogens is 272 g/mol. The van der Waals surface area contributed by atoms with Crippen LogP contribution >= 0.6 is 23.4 Å². The van der Waals surface area contributed by atoms with Gasteiger partial charge in [0.05, 0.1) is 0 Å². The van der Waals surface area contributed by atoms with Gasteiger partial charge in [-0.25, -0.2) is 4.98 Å². The van der Waals surface area contributed by atoms with Crippen LogP contribution < -0.4 is 5.56 Å². The number of rotatable bonds is 3. The minimum atomic E-state index is -0.216. The molecule has 92 valence electrons. The molecule has 0 aliphatic carbocycles. The molecule has 0 aliphatic heterocycles. The normalized spacial score (nSPS) is 10.3. The van der Waals surface area contributed by atoms with Gasteiger partial charge in [0.25, 0.3) is 5.56 Å². The number of aldehydes is 1. The number of nitrogens with one attached hydrogen (secondary N) is 1. The maximum Gasteiger partial charge on any atom is 0.251 e. The van der Waals surface area contributed by atoms with Crippen molar-refractivity contribution in [1.29, 1.82) is 0 Å². The summed E-state index contributed by atoms with van der Waals surface area (Å²) in [5, 5.41) is 0.942. The molecular formula is C12H9ClN2O2S. The second kappa shape index (κ2) is 5.37. The first-order chi connectivity index (χ1) is 8.58. The van der Waals surface area contributed by atoms with Crippen molar-refractivity contribution in [1.82, 2.24) is 9.97 Å². The van der Waals surface area contributed by atoms with Crippen molar-refractivity contribution in [2.45, 2.75) is 17.0 Å². The van der Waals surface area contributed by atoms with Crippen molar-refractivity contribution in [3.8, 4) is 0 Å². The first kappa shape index (κ1) is 12.9. The van der Waals surface area contributed by atoms with Gasteiger partial charge in [0, 0.05) is 27.2 Å². The van der Waals surface area contributed by atoms with Crippen LogP contribution in [0.25, 0.3) is 0 Å². The second-order valence-corrected chi connectivity index (χ2v) is 5.06. The summed E-state index contributed by atoms with van der Waals surface area (Å²) in [4.78, 5) is 29.7. The van der Waals surface area contributed by atoms with Gasteiger partial charge in [0.2, 0.25) is 0 Å². The molecule has 1 heterocycles. The number of aryl methyl sites for hydroxylation is 1. The number of benzene rings is 1. The Hall–Kier alpha value is -1.59. The zero-order valence-corrected chi connectivity index (χ0v) is 11.0. The highest BCUT2D eigenvalue weighted by atomic mass is 35.5. The topological polar surface area (TPSA) is 62.8 Å². The van der Waals surface area contributed by atoms with E-state index in [-0.39, 0.29) is 5.56 Å². The highest BCUT2D eigenvalue weighted by Crippen LogP contribution is 2.28. The van der Waals surface area contributed by atoms with Crippen molar-refractivity contribution in [2.24, 2.45) is 0 Å². The lowest BCUT2D eigenvalue weighted by Crippen LogP contribution is -2.08. The predicted molar refractivity (Wildman–Crippen MR) is 70.6 cm³/mol. The van der Waals surface area contributed by atoms with E-state index in [1.54, 1.807) is 25.1 Å². The monoisotopic (exact) mass is 280 g/mol. The molecule has 0 amide bonds. The van der Waals surface area contributed by atoms with Crippen LogP contribution in [0.3, 0.4) is 0 Å². The maximum absolute atomic E-state index is 11.3. The van der Waals surface area contributed by atoms with Gasteiger partial charge in [-0.05, 0) is 25.1 Å². The number of H-pyrrole nitrogens is 1. The van der Waals surface area contributed by atoms with E-state index in [2.05, 4.69) is 9.97 Å². The van der Waals surface area contributed by atoms with E-state index < -0.39 is 0 Å². The summed E-state index contributed by atoms with van der Waals surface area (Å²) in [7, 11) is 0. The number of carbonyl (C=O) groups is 1. The first-order valence-corrected chi connectivity index (χ1v) is 6.28. The molecule has 6 heteroatoms. The van der Waals surface area contributed by atoms with Crippen LogP contribution in [0, 0.1) is 6.92 Å². The van der Waals surface area contributed by atoms with Crippen molar-refractivity contribution < 1.29 is 4.79 Å². The molecule has 0 unspecified atom stereocenters. The van der Waals surface area contributed by atoms with Crippen molar-refractivity contribution in [3.05, 3.63) is 50.9 Å². The number of hydrogen-bond acceptors (Lipinski definition) is 4. The van der Waals surface area contributed by atoms with E-state index in [0.29, 0.717) is 26.3 Å². The summed E-state index contributed by atoms with van der Waals surface area (Å²) in [5.41, 5.74) is 0.881. The maximum atomic E-state index is 11.3. The number of hydrogen-bond donors (Lipinski definition) is 1. The van der Waals surface area contributed by atoms with Crippen LogP contribution in [0.1, 0.15) is 16.1 Å². The quantitative estimate of drug-likeness (QED) is 0.693. The summed E-state index contributed by atoms with van der Waals surface area (Å²) in [6, 6.07) is 6.39. The molecule has 2 aromatic rings. The van der Waals surface area contributed by atoms with E-state index in [9.17, 15) is 9.59 Å². The van der Waals surface area contributed by atoms with Crippen molar-refractivity contribution in [3.63, 3.8) is 0 Å². The average molecular weight is 281 g/mol. The fourth-order valence-corrected chi connectivity index (χ4v) is 2.50. The highest BCUT2D eigenvalue weighted by molar-refractivity contribution is 7.99. The summed E-state index contributed by atoms with van der Waals surface area (Å²) < 4.78 is 0. The van der Waals surface area contributed by atoms with Gasteiger partial charge in [0.15, 0.2) is 11.4 Å². The summed E-state index contributed by atoms with van der Waals surface area (Å²) in [6.45, 7) is 1.74. The minimum absolute atomic E-state index is 0.216. The molecule has 0 radical (unpaired) electrons. The van der Waals surface area contributed by atoms with E-state index in [4.69, 9.17) is 11.6 Å². The van der Waals surface area contributed by atoms with Crippen LogP contribution in [0.4, 0.5) is 0 Å². The summed E-state index contributed by atoms with van der Waals surface area (Å²) in [6.07, 6.45) is 0.724. The molecule has 18 heavy (non-hydrogen) atoms. The zero-order valence-electron chi connectivity index (χ0n) is 9.44. The van der Waals surface area contributed by atoms with Crippen LogP contribution in [0.5, 0.6) is 0 Å². The third kappa shape index (κ3) is 3.00. The number of aromatic amines is 1. The Balaban J connectivity index is 2.39. The van der Waals surface area contributed by atoms with Crippen LogP contribution in [0.2, 0.25) is 5.02 Å². The van der Waals surface area contributed by atoms with Gasteiger partial charge in [-0.2, -0.15) is 0 Å². The van der Waals surface area contributed by atoms with Crippen LogP contribution in [-0.2, 0) is 0 Å². The molecule has 1 aromatic carbocycles. The standard InChI is InChI=1S/C12H9ClN2O2S/c1-7-4-11(17)15-12(14-7)18-10-3-2-9(13)5-8(10)6-16/h2-6H,1H3,(H,14,15,17). The Morgan fingerprint density at radius 1 is 1.39 bits per heavy atom. The molecule has 0 bridgehead atoms. The fraction of sp³-hybridized carbons (Fsp3) is 0.0833. The van der Waals surface area contributed by atoms with Crippen LogP contribution in [0.15, 0.2) is 39.1 Å². The van der Waals surface area contributed by atoms with Gasteiger partial charge in [-0.3, -0.25) is 9.59 Å². The van der Waals surface area contributed by atoms with Gasteiger partial charge in [-0.1, -0.05) is 23.4 Å². The lowest BCUT2D eigenvalue weighted by atomic mass is 10.2. The Labute approximate surface area is 112 Å². The molecule has 0 spiro atoms. The minimum Gasteiger partial charge on any atom is -0.301 e. The first-order valence-electron chi connectivity index (χ1n) is 5.09. The SMILES string of the molecule is Cc1cc(=O)[nH]c(Sc2ccc(Cl)cc2C=O)n1. The highest BCUT2D eigenvalue weighted by Gasteiger charge is 2.07. The van der Waals surface area contributed by atoms with E-state index in [0.717, 1.165) is 6.29 Å². The van der Waals surface area contributed by atoms with Gasteiger partial charge >= 0.3 is 0 Å². The molecule has 1 N–H and O–H groups in total. The molecule has 0 aliphatic rings. The van der Waals surface area contributed by atoms with Crippen molar-refractivity contribution in [2.75, 3.05) is 0 Å². The Morgan fingerprint density at radius 3 is 2.83 bits per heavy atom. The molecule has 1 aromatic heterocycles. The van der Waals surface area contributed by atoms with Gasteiger partial charge < -0.3 is 4.98 Å². The molecule has 0 atom stereocenters. The molecule has 0 saturated carbocycles. The number of nitrogens with zero attached hydrogens (tertiary/aromatic N) is 1. The lowest BCUT2D eigenvalue weighted by molar-refractivity contribution is 0.112. The second-order valence-electron chi connectivity index (χ2n) is 3.59. The van der Waals surface area contributed by atoms with E-state index in [1.165, 1.54) is 17.8 Å². The zero-order chi connectivity index (χ0) is 13.1. The number of aromatic nitrogens is 2. The molecule has 4 nitrogen and oxygen atoms in total. The Bertz CT molecular complexity index is 655. The van der Waals surface area contributed by atoms with E-state index >= 15 is 0 Å². The Kier molecular flexibility index (Phi) is 3.84. The third-order valence-electron chi connectivity index (χ3n) is 2.15. The lowest BCUT2D eigenvalue weighted by Gasteiger charge is -2.04. The predicted octanol–water partition coefficient (Wildman–Crippen LogP) is 2.70. The van der Waals surface area contributed by atoms with Gasteiger partial charge in [-0.15, -0.1) is 0 Å². The molecule has 2 rings (SSSR count). The van der Waals surface area contributed by atoms with E-state index in [1.807, 2.05) is 0 Å². The third-order valence-corrected chi connectivity index (χ3v) is 3.37. The average Bonchev–Trinajstić information content (AvgIpc) is 2.30. The molecule has 0 saturated heterocycles. The van der Waals surface area contributed by atoms with Crippen molar-refractivity contribution >= 4 is 29.6 Å². The number of carbonyl (C=O) groups excluding carboxylic acids is 1. The smallest absolute Gasteiger partial charge is 0.251 e. The Morgan fingerprint density at radius 2 is 2.17 bits per heavy atom. The van der Waals surface area contributed by atoms with Gasteiger partial charge in [0.1, 0.15) is 0 Å². The largest absolute Gasteiger partial charge is 0.301 e. The fourth-order valence-electron chi connectivity index (χ4n) is 1.41. The summed E-state index contributed by atoms with van der Waals surface area (Å²) in [5.74, 6) is 0. The summed E-state index contributed by atoms with van der Waals surface area (Å²) >= 11 is 7.03.